The summed E-state index contributed by atoms with van der Waals surface area (Å²) in [7, 11) is -3.15. The van der Waals surface area contributed by atoms with Gasteiger partial charge < -0.3 is 16.2 Å². The van der Waals surface area contributed by atoms with E-state index in [4.69, 9.17) is 5.73 Å². The summed E-state index contributed by atoms with van der Waals surface area (Å²) in [4.78, 5) is 11.8. The van der Waals surface area contributed by atoms with Crippen molar-refractivity contribution in [3.8, 4) is 0 Å². The summed E-state index contributed by atoms with van der Waals surface area (Å²) < 4.78 is 22.2. The van der Waals surface area contributed by atoms with Crippen molar-refractivity contribution >= 4 is 15.7 Å². The minimum Gasteiger partial charge on any atom is -0.387 e. The van der Waals surface area contributed by atoms with Crippen LogP contribution < -0.4 is 11.1 Å². The summed E-state index contributed by atoms with van der Waals surface area (Å²) in [5.74, 6) is -0.609. The normalized spacial score (nSPS) is 14.9. The first-order chi connectivity index (χ1) is 10.9. The molecule has 0 saturated heterocycles. The SMILES string of the molecule is CC(C)(C)c1ccc(C(O)CNC(=O)C(N)CCS(C)(=O)=O)cc1. The lowest BCUT2D eigenvalue weighted by Crippen LogP contribution is -2.43. The third-order valence-corrected chi connectivity index (χ3v) is 4.74. The molecular weight excluding hydrogens is 328 g/mol. The van der Waals surface area contributed by atoms with Gasteiger partial charge in [0.05, 0.1) is 17.9 Å². The molecule has 0 heterocycles. The summed E-state index contributed by atoms with van der Waals surface area (Å²) in [6.45, 7) is 6.35. The predicted molar refractivity (Wildman–Crippen MR) is 95.4 cm³/mol. The number of nitrogens with two attached hydrogens (primary N) is 1. The lowest BCUT2D eigenvalue weighted by molar-refractivity contribution is -0.122. The molecule has 2 atom stereocenters. The molecule has 1 rings (SSSR count). The van der Waals surface area contributed by atoms with Crippen LogP contribution in [0, 0.1) is 0 Å². The van der Waals surface area contributed by atoms with E-state index in [1.807, 2.05) is 24.3 Å². The average molecular weight is 356 g/mol. The van der Waals surface area contributed by atoms with Crippen molar-refractivity contribution in [3.05, 3.63) is 35.4 Å². The molecule has 24 heavy (non-hydrogen) atoms. The van der Waals surface area contributed by atoms with Crippen LogP contribution in [0.4, 0.5) is 0 Å². The monoisotopic (exact) mass is 356 g/mol. The van der Waals surface area contributed by atoms with Gasteiger partial charge in [-0.15, -0.1) is 0 Å². The first-order valence-electron chi connectivity index (χ1n) is 7.89. The first kappa shape index (κ1) is 20.6. The molecule has 136 valence electrons. The number of hydrogen-bond acceptors (Lipinski definition) is 5. The van der Waals surface area contributed by atoms with Gasteiger partial charge in [-0.25, -0.2) is 8.42 Å². The minimum absolute atomic E-state index is 0.0280. The van der Waals surface area contributed by atoms with Gasteiger partial charge in [-0.2, -0.15) is 0 Å². The highest BCUT2D eigenvalue weighted by molar-refractivity contribution is 7.90. The highest BCUT2D eigenvalue weighted by Gasteiger charge is 2.18. The van der Waals surface area contributed by atoms with Gasteiger partial charge in [0.25, 0.3) is 0 Å². The van der Waals surface area contributed by atoms with Gasteiger partial charge in [0.2, 0.25) is 5.91 Å². The fourth-order valence-electron chi connectivity index (χ4n) is 2.12. The fraction of sp³-hybridized carbons (Fsp3) is 0.588. The molecule has 0 radical (unpaired) electrons. The minimum atomic E-state index is -3.15. The largest absolute Gasteiger partial charge is 0.387 e. The second-order valence-electron chi connectivity index (χ2n) is 7.16. The molecule has 0 aliphatic carbocycles. The highest BCUT2D eigenvalue weighted by atomic mass is 32.2. The molecule has 0 spiro atoms. The van der Waals surface area contributed by atoms with Crippen LogP contribution in [0.25, 0.3) is 0 Å². The number of rotatable bonds is 7. The van der Waals surface area contributed by atoms with Crippen LogP contribution in [-0.2, 0) is 20.0 Å². The third-order valence-electron chi connectivity index (χ3n) is 3.77. The molecule has 0 saturated carbocycles. The van der Waals surface area contributed by atoms with Crippen LogP contribution in [0.5, 0.6) is 0 Å². The van der Waals surface area contributed by atoms with E-state index in [9.17, 15) is 18.3 Å². The Morgan fingerprint density at radius 2 is 1.79 bits per heavy atom. The fourth-order valence-corrected chi connectivity index (χ4v) is 2.81. The molecule has 7 heteroatoms. The molecule has 1 aromatic rings. The lowest BCUT2D eigenvalue weighted by atomic mass is 9.86. The maximum atomic E-state index is 11.8. The molecule has 0 fully saturated rings. The van der Waals surface area contributed by atoms with Gasteiger partial charge in [-0.3, -0.25) is 4.79 Å². The molecule has 0 aromatic heterocycles. The van der Waals surface area contributed by atoms with Crippen molar-refractivity contribution in [1.29, 1.82) is 0 Å². The summed E-state index contributed by atoms with van der Waals surface area (Å²) >= 11 is 0. The number of sulfone groups is 1. The Hall–Kier alpha value is -1.44. The predicted octanol–water partition coefficient (Wildman–Crippen LogP) is 0.896. The van der Waals surface area contributed by atoms with Gasteiger partial charge in [-0.1, -0.05) is 45.0 Å². The van der Waals surface area contributed by atoms with E-state index < -0.39 is 27.9 Å². The topological polar surface area (TPSA) is 109 Å². The van der Waals surface area contributed by atoms with Gasteiger partial charge >= 0.3 is 0 Å². The summed E-state index contributed by atoms with van der Waals surface area (Å²) in [6, 6.07) is 6.67. The van der Waals surface area contributed by atoms with Crippen molar-refractivity contribution in [1.82, 2.24) is 5.32 Å². The Labute approximate surface area is 144 Å². The van der Waals surface area contributed by atoms with E-state index in [1.54, 1.807) is 0 Å². The Kier molecular flexibility index (Phi) is 6.95. The number of carbonyl (C=O) groups is 1. The van der Waals surface area contributed by atoms with Crippen LogP contribution in [0.3, 0.4) is 0 Å². The Morgan fingerprint density at radius 1 is 1.25 bits per heavy atom. The van der Waals surface area contributed by atoms with E-state index >= 15 is 0 Å². The van der Waals surface area contributed by atoms with Crippen molar-refractivity contribution in [3.63, 3.8) is 0 Å². The van der Waals surface area contributed by atoms with Crippen molar-refractivity contribution in [2.45, 2.75) is 44.8 Å². The number of aliphatic hydroxyl groups excluding tert-OH is 1. The molecule has 0 aliphatic heterocycles. The molecular formula is C17H28N2O4S. The van der Waals surface area contributed by atoms with E-state index in [2.05, 4.69) is 26.1 Å². The maximum Gasteiger partial charge on any atom is 0.237 e. The quantitative estimate of drug-likeness (QED) is 0.672. The second-order valence-corrected chi connectivity index (χ2v) is 9.42. The molecule has 1 aromatic carbocycles. The second kappa shape index (κ2) is 8.09. The van der Waals surface area contributed by atoms with Crippen LogP contribution in [0.1, 0.15) is 44.4 Å². The van der Waals surface area contributed by atoms with Crippen molar-refractivity contribution in [2.24, 2.45) is 5.73 Å². The molecule has 2 unspecified atom stereocenters. The molecule has 0 bridgehead atoms. The van der Waals surface area contributed by atoms with Crippen molar-refractivity contribution < 1.29 is 18.3 Å². The van der Waals surface area contributed by atoms with Gasteiger partial charge in [0.15, 0.2) is 0 Å². The lowest BCUT2D eigenvalue weighted by Gasteiger charge is -2.20. The zero-order valence-electron chi connectivity index (χ0n) is 14.7. The van der Waals surface area contributed by atoms with Gasteiger partial charge in [0.1, 0.15) is 9.84 Å². The number of carbonyl (C=O) groups excluding carboxylic acids is 1. The zero-order chi connectivity index (χ0) is 18.5. The Bertz CT molecular complexity index is 648. The Balaban J connectivity index is 2.53. The number of nitrogens with one attached hydrogen (secondary N) is 1. The average Bonchev–Trinajstić information content (AvgIpc) is 2.48. The first-order valence-corrected chi connectivity index (χ1v) is 9.96. The number of aliphatic hydroxyl groups is 1. The Morgan fingerprint density at radius 3 is 2.25 bits per heavy atom. The molecule has 0 aliphatic rings. The summed E-state index contributed by atoms with van der Waals surface area (Å²) in [6.07, 6.45) is 0.314. The van der Waals surface area contributed by atoms with E-state index in [0.29, 0.717) is 5.56 Å². The third kappa shape index (κ3) is 6.98. The standard InChI is InChI=1S/C17H28N2O4S/c1-17(2,3)13-7-5-12(6-8-13)15(20)11-19-16(21)14(18)9-10-24(4,22)23/h5-8,14-15,20H,9-11,18H2,1-4H3,(H,19,21). The van der Waals surface area contributed by atoms with Crippen LogP contribution >= 0.6 is 0 Å². The van der Waals surface area contributed by atoms with Crippen LogP contribution in [0.2, 0.25) is 0 Å². The summed E-state index contributed by atoms with van der Waals surface area (Å²) in [5, 5.41) is 12.7. The molecule has 1 amide bonds. The highest BCUT2D eigenvalue weighted by Crippen LogP contribution is 2.23. The van der Waals surface area contributed by atoms with E-state index in [0.717, 1.165) is 11.8 Å². The van der Waals surface area contributed by atoms with E-state index in [-0.39, 0.29) is 24.1 Å². The van der Waals surface area contributed by atoms with Crippen molar-refractivity contribution in [2.75, 3.05) is 18.6 Å². The number of amides is 1. The summed E-state index contributed by atoms with van der Waals surface area (Å²) in [5.41, 5.74) is 7.55. The number of hydrogen-bond donors (Lipinski definition) is 3. The molecule has 4 N–H and O–H groups in total. The number of benzene rings is 1. The van der Waals surface area contributed by atoms with Crippen LogP contribution in [-0.4, -0.2) is 44.0 Å². The van der Waals surface area contributed by atoms with Gasteiger partial charge in [-0.05, 0) is 23.0 Å². The van der Waals surface area contributed by atoms with Crippen LogP contribution in [0.15, 0.2) is 24.3 Å². The van der Waals surface area contributed by atoms with E-state index in [1.165, 1.54) is 0 Å². The smallest absolute Gasteiger partial charge is 0.237 e. The zero-order valence-corrected chi connectivity index (χ0v) is 15.6. The molecule has 6 nitrogen and oxygen atoms in total. The maximum absolute atomic E-state index is 11.8. The van der Waals surface area contributed by atoms with Gasteiger partial charge in [0, 0.05) is 12.8 Å².